The lowest BCUT2D eigenvalue weighted by atomic mass is 9.99. The molecule has 42 heavy (non-hydrogen) atoms. The maximum atomic E-state index is 13.3. The van der Waals surface area contributed by atoms with Crippen molar-refractivity contribution in [1.29, 1.82) is 0 Å². The van der Waals surface area contributed by atoms with Crippen molar-refractivity contribution < 1.29 is 74.4 Å². The first kappa shape index (κ1) is 29.8. The van der Waals surface area contributed by atoms with Crippen LogP contribution in [0.5, 0.6) is 28.7 Å². The van der Waals surface area contributed by atoms with Crippen molar-refractivity contribution in [2.45, 2.75) is 55.3 Å². The minimum atomic E-state index is -1.98. The fraction of sp³-hybridized carbons (Fsp3) is 0.423. The molecule has 2 unspecified atom stereocenters. The van der Waals surface area contributed by atoms with Crippen molar-refractivity contribution in [3.63, 3.8) is 0 Å². The topological polar surface area (TPSA) is 269 Å². The molecule has 16 nitrogen and oxygen atoms in total. The highest BCUT2D eigenvalue weighted by Crippen LogP contribution is 2.51. The molecule has 0 radical (unpaired) electrons. The molecule has 0 spiro atoms. The lowest BCUT2D eigenvalue weighted by Crippen LogP contribution is -2.60. The smallest absolute Gasteiger partial charge is 0.229 e. The van der Waals surface area contributed by atoms with E-state index in [2.05, 4.69) is 0 Å². The summed E-state index contributed by atoms with van der Waals surface area (Å²) in [6.07, 6.45) is -15.8. The normalized spacial score (nSPS) is 31.6. The van der Waals surface area contributed by atoms with E-state index in [1.54, 1.807) is 0 Å². The van der Waals surface area contributed by atoms with Crippen LogP contribution in [0.25, 0.3) is 22.3 Å². The van der Waals surface area contributed by atoms with Crippen molar-refractivity contribution in [3.8, 4) is 40.1 Å². The first-order chi connectivity index (χ1) is 19.9. The molecule has 228 valence electrons. The number of aromatic hydroxyl groups is 3. The number of fused-ring (bicyclic) bond motifs is 1. The Balaban J connectivity index is 1.66. The fourth-order valence-corrected chi connectivity index (χ4v) is 4.58. The van der Waals surface area contributed by atoms with Crippen LogP contribution in [0.15, 0.2) is 39.5 Å². The number of aliphatic hydroxyl groups is 7. The van der Waals surface area contributed by atoms with Crippen LogP contribution in [0.4, 0.5) is 0 Å². The summed E-state index contributed by atoms with van der Waals surface area (Å²) in [7, 11) is 0. The van der Waals surface area contributed by atoms with Gasteiger partial charge in [0, 0.05) is 11.6 Å². The van der Waals surface area contributed by atoms with Crippen molar-refractivity contribution in [2.75, 3.05) is 13.2 Å². The van der Waals surface area contributed by atoms with Gasteiger partial charge in [0.1, 0.15) is 59.6 Å². The first-order valence-corrected chi connectivity index (χ1v) is 12.6. The number of hydrogen-bond acceptors (Lipinski definition) is 16. The molecule has 2 aliphatic rings. The van der Waals surface area contributed by atoms with Crippen LogP contribution in [0.1, 0.15) is 0 Å². The Morgan fingerprint density at radius 2 is 1.43 bits per heavy atom. The van der Waals surface area contributed by atoms with E-state index in [0.717, 1.165) is 6.07 Å². The van der Waals surface area contributed by atoms with Gasteiger partial charge in [-0.05, 0) is 24.3 Å². The number of hydrogen-bond donors (Lipinski definition) is 10. The molecule has 2 fully saturated rings. The molecule has 1 aromatic heterocycles. The standard InChI is InChI=1S/C26H28O16/c27-6-13-16(32)18(34)20(36)26(40-13)41-23-17(33)14-10(29)5-12(8-1-3-9(28)4-2-8)39-22(14)24(21(23)37)42-25-19(35)15(31)11(30)7-38-25/h1-5,11,13,15-16,18-20,25-28,30-37H,6-7H2/t11-,13-,15-,16-,18+,19+,20-,25?,26?/m1/s1. The van der Waals surface area contributed by atoms with E-state index in [1.807, 2.05) is 0 Å². The van der Waals surface area contributed by atoms with Crippen LogP contribution in [0, 0.1) is 0 Å². The van der Waals surface area contributed by atoms with Crippen LogP contribution in [-0.2, 0) is 9.47 Å². The van der Waals surface area contributed by atoms with Gasteiger partial charge in [0.15, 0.2) is 16.8 Å². The molecule has 3 aromatic rings. The number of aliphatic hydroxyl groups excluding tert-OH is 7. The van der Waals surface area contributed by atoms with E-state index in [4.69, 9.17) is 23.4 Å². The van der Waals surface area contributed by atoms with E-state index in [9.17, 15) is 55.9 Å². The molecule has 2 aromatic carbocycles. The predicted octanol–water partition coefficient (Wildman–Crippen LogP) is -2.43. The SMILES string of the molecule is O=c1cc(-c2ccc(O)cc2)oc2c(OC3OC[C@@H](O)[C@@H](O)[C@@H]3O)c(O)c(OC3O[C@H](CO)[C@@H](O)[C@H](O)[C@H]3O)c(O)c12. The lowest BCUT2D eigenvalue weighted by molar-refractivity contribution is -0.277. The molecule has 3 heterocycles. The average molecular weight is 596 g/mol. The lowest BCUT2D eigenvalue weighted by Gasteiger charge is -2.39. The summed E-state index contributed by atoms with van der Waals surface area (Å²) >= 11 is 0. The maximum Gasteiger partial charge on any atom is 0.229 e. The van der Waals surface area contributed by atoms with Gasteiger partial charge >= 0.3 is 0 Å². The predicted molar refractivity (Wildman–Crippen MR) is 136 cm³/mol. The van der Waals surface area contributed by atoms with Gasteiger partial charge < -0.3 is 74.4 Å². The molecule has 2 aliphatic heterocycles. The molecule has 10 N–H and O–H groups in total. The quantitative estimate of drug-likeness (QED) is 0.142. The zero-order valence-corrected chi connectivity index (χ0v) is 21.4. The van der Waals surface area contributed by atoms with E-state index in [-0.39, 0.29) is 17.1 Å². The summed E-state index contributed by atoms with van der Waals surface area (Å²) in [6.45, 7) is -1.32. The number of phenolic OH excluding ortho intramolecular Hbond substituents is 3. The van der Waals surface area contributed by atoms with Crippen LogP contribution in [0.2, 0.25) is 0 Å². The zero-order chi connectivity index (χ0) is 30.5. The summed E-state index contributed by atoms with van der Waals surface area (Å²) in [6, 6.07) is 6.40. The molecule has 0 amide bonds. The average Bonchev–Trinajstić information content (AvgIpc) is 2.97. The van der Waals surface area contributed by atoms with Gasteiger partial charge in [-0.1, -0.05) is 0 Å². The highest BCUT2D eigenvalue weighted by molar-refractivity contribution is 5.95. The fourth-order valence-electron chi connectivity index (χ4n) is 4.58. The van der Waals surface area contributed by atoms with E-state index in [0.29, 0.717) is 0 Å². The summed E-state index contributed by atoms with van der Waals surface area (Å²) in [5.74, 6) is -4.00. The van der Waals surface area contributed by atoms with Crippen LogP contribution < -0.4 is 14.9 Å². The van der Waals surface area contributed by atoms with Crippen molar-refractivity contribution in [1.82, 2.24) is 0 Å². The second-order valence-corrected chi connectivity index (χ2v) is 9.76. The molecular formula is C26H28O16. The highest BCUT2D eigenvalue weighted by atomic mass is 16.7. The Labute approximate surface area is 235 Å². The number of ether oxygens (including phenoxy) is 4. The molecule has 16 heteroatoms. The second kappa shape index (κ2) is 11.5. The van der Waals surface area contributed by atoms with Gasteiger partial charge in [0.05, 0.1) is 13.2 Å². The monoisotopic (exact) mass is 596 g/mol. The summed E-state index contributed by atoms with van der Waals surface area (Å²) < 4.78 is 27.3. The van der Waals surface area contributed by atoms with Crippen LogP contribution in [0.3, 0.4) is 0 Å². The molecule has 5 rings (SSSR count). The molecule has 0 saturated carbocycles. The number of phenols is 3. The molecule has 0 aliphatic carbocycles. The maximum absolute atomic E-state index is 13.3. The molecular weight excluding hydrogens is 568 g/mol. The van der Waals surface area contributed by atoms with Crippen molar-refractivity contribution in [3.05, 3.63) is 40.6 Å². The Hall–Kier alpha value is -3.71. The van der Waals surface area contributed by atoms with E-state index < -0.39 is 108 Å². The van der Waals surface area contributed by atoms with Crippen LogP contribution in [-0.4, -0.2) is 120 Å². The van der Waals surface area contributed by atoms with Crippen LogP contribution >= 0.6 is 0 Å². The van der Waals surface area contributed by atoms with Gasteiger partial charge in [-0.15, -0.1) is 0 Å². The molecule has 2 saturated heterocycles. The summed E-state index contributed by atoms with van der Waals surface area (Å²) in [5.41, 5.74) is -1.20. The number of benzene rings is 2. The van der Waals surface area contributed by atoms with Gasteiger partial charge in [-0.25, -0.2) is 0 Å². The molecule has 0 bridgehead atoms. The third-order valence-electron chi connectivity index (χ3n) is 6.96. The third-order valence-corrected chi connectivity index (χ3v) is 6.96. The van der Waals surface area contributed by atoms with Gasteiger partial charge in [0.2, 0.25) is 29.8 Å². The number of rotatable bonds is 6. The Morgan fingerprint density at radius 1 is 0.786 bits per heavy atom. The minimum absolute atomic E-state index is 0.0830. The minimum Gasteiger partial charge on any atom is -0.508 e. The van der Waals surface area contributed by atoms with E-state index >= 15 is 0 Å². The molecule has 9 atom stereocenters. The Morgan fingerprint density at radius 3 is 2.10 bits per heavy atom. The van der Waals surface area contributed by atoms with Gasteiger partial charge in [-0.2, -0.15) is 0 Å². The second-order valence-electron chi connectivity index (χ2n) is 9.76. The Bertz CT molecular complexity index is 1490. The Kier molecular flexibility index (Phi) is 8.17. The highest BCUT2D eigenvalue weighted by Gasteiger charge is 2.46. The summed E-state index contributed by atoms with van der Waals surface area (Å²) in [5, 5.41) is 102. The largest absolute Gasteiger partial charge is 0.508 e. The van der Waals surface area contributed by atoms with Gasteiger partial charge in [-0.3, -0.25) is 4.79 Å². The van der Waals surface area contributed by atoms with Crippen molar-refractivity contribution >= 4 is 11.0 Å². The van der Waals surface area contributed by atoms with E-state index in [1.165, 1.54) is 24.3 Å². The summed E-state index contributed by atoms with van der Waals surface area (Å²) in [4.78, 5) is 13.3. The van der Waals surface area contributed by atoms with Gasteiger partial charge in [0.25, 0.3) is 0 Å². The van der Waals surface area contributed by atoms with Crippen molar-refractivity contribution in [2.24, 2.45) is 0 Å². The third kappa shape index (κ3) is 5.19. The zero-order valence-electron chi connectivity index (χ0n) is 21.4. The first-order valence-electron chi connectivity index (χ1n) is 12.6.